The molecule has 0 saturated carbocycles. The highest BCUT2D eigenvalue weighted by atomic mass is 16.1. The van der Waals surface area contributed by atoms with Crippen molar-refractivity contribution in [2.75, 3.05) is 36.4 Å². The van der Waals surface area contributed by atoms with E-state index in [1.165, 1.54) is 5.56 Å². The number of nitrogens with zero attached hydrogens (tertiary/aromatic N) is 4. The highest BCUT2D eigenvalue weighted by Gasteiger charge is 2.18. The maximum Gasteiger partial charge on any atom is 0.274 e. The Bertz CT molecular complexity index is 1500. The molecular formula is C29H26N6O. The number of hydrogen-bond acceptors (Lipinski definition) is 5. The summed E-state index contributed by atoms with van der Waals surface area (Å²) in [5.74, 6) is -0.244. The molecule has 1 amide bonds. The third-order valence-corrected chi connectivity index (χ3v) is 6.51. The van der Waals surface area contributed by atoms with E-state index in [1.54, 1.807) is 23.0 Å². The minimum Gasteiger partial charge on any atom is -0.367 e. The molecule has 3 aromatic carbocycles. The van der Waals surface area contributed by atoms with Crippen molar-refractivity contribution in [3.63, 3.8) is 0 Å². The number of rotatable bonds is 5. The molecule has 0 atom stereocenters. The van der Waals surface area contributed by atoms with Gasteiger partial charge in [-0.25, -0.2) is 9.50 Å². The fourth-order valence-electron chi connectivity index (χ4n) is 4.62. The highest BCUT2D eigenvalue weighted by molar-refractivity contribution is 6.05. The van der Waals surface area contributed by atoms with Gasteiger partial charge < -0.3 is 15.5 Å². The van der Waals surface area contributed by atoms with Gasteiger partial charge in [0, 0.05) is 37.9 Å². The standard InChI is InChI=1S/C29H26N6O/c36-29(33-25-8-4-5-9-27(25)34-18-15-30-16-19-34)26-14-17-35-28(32-26)24(20-31-35)23-12-10-22(11-13-23)21-6-2-1-3-7-21/h1-14,17,20,30H,15-16,18-19H2,(H,33,36). The molecule has 7 heteroatoms. The number of hydrogen-bond donors (Lipinski definition) is 2. The Morgan fingerprint density at radius 2 is 1.50 bits per heavy atom. The van der Waals surface area contributed by atoms with E-state index in [-0.39, 0.29) is 5.91 Å². The highest BCUT2D eigenvalue weighted by Crippen LogP contribution is 2.28. The van der Waals surface area contributed by atoms with Gasteiger partial charge in [0.25, 0.3) is 5.91 Å². The van der Waals surface area contributed by atoms with Crippen LogP contribution in [0.2, 0.25) is 0 Å². The summed E-state index contributed by atoms with van der Waals surface area (Å²) in [6, 6.07) is 28.2. The largest absolute Gasteiger partial charge is 0.367 e. The quantitative estimate of drug-likeness (QED) is 0.385. The molecule has 1 aliphatic rings. The van der Waals surface area contributed by atoms with Gasteiger partial charge in [0.2, 0.25) is 0 Å². The Labute approximate surface area is 209 Å². The molecule has 0 spiro atoms. The van der Waals surface area contributed by atoms with Crippen LogP contribution in [0.5, 0.6) is 0 Å². The molecule has 2 aromatic heterocycles. The summed E-state index contributed by atoms with van der Waals surface area (Å²) in [6.07, 6.45) is 3.57. The molecule has 0 bridgehead atoms. The number of fused-ring (bicyclic) bond motifs is 1. The van der Waals surface area contributed by atoms with E-state index >= 15 is 0 Å². The Balaban J connectivity index is 1.27. The van der Waals surface area contributed by atoms with Crippen molar-refractivity contribution in [1.82, 2.24) is 19.9 Å². The Morgan fingerprint density at radius 1 is 0.806 bits per heavy atom. The predicted octanol–water partition coefficient (Wildman–Crippen LogP) is 4.73. The number of anilines is 2. The van der Waals surface area contributed by atoms with Crippen LogP contribution in [0.15, 0.2) is 97.3 Å². The lowest BCUT2D eigenvalue weighted by Gasteiger charge is -2.31. The molecule has 0 radical (unpaired) electrons. The second kappa shape index (κ2) is 9.64. The molecule has 5 aromatic rings. The van der Waals surface area contributed by atoms with Gasteiger partial charge in [0.1, 0.15) is 5.69 Å². The summed E-state index contributed by atoms with van der Waals surface area (Å²) >= 11 is 0. The zero-order valence-electron chi connectivity index (χ0n) is 19.8. The normalized spacial score (nSPS) is 13.6. The van der Waals surface area contributed by atoms with Crippen molar-refractivity contribution in [1.29, 1.82) is 0 Å². The molecule has 178 valence electrons. The van der Waals surface area contributed by atoms with E-state index in [4.69, 9.17) is 4.98 Å². The van der Waals surface area contributed by atoms with Gasteiger partial charge in [0.05, 0.1) is 17.6 Å². The smallest absolute Gasteiger partial charge is 0.274 e. The second-order valence-corrected chi connectivity index (χ2v) is 8.79. The predicted molar refractivity (Wildman–Crippen MR) is 143 cm³/mol. The number of carbonyl (C=O) groups excluding carboxylic acids is 1. The third-order valence-electron chi connectivity index (χ3n) is 6.51. The minimum atomic E-state index is -0.244. The topological polar surface area (TPSA) is 74.6 Å². The lowest BCUT2D eigenvalue weighted by Crippen LogP contribution is -2.43. The van der Waals surface area contributed by atoms with Crippen LogP contribution >= 0.6 is 0 Å². The molecule has 0 unspecified atom stereocenters. The van der Waals surface area contributed by atoms with E-state index in [0.29, 0.717) is 11.3 Å². The zero-order chi connectivity index (χ0) is 24.3. The molecule has 7 nitrogen and oxygen atoms in total. The number of carbonyl (C=O) groups is 1. The lowest BCUT2D eigenvalue weighted by molar-refractivity contribution is 0.102. The first kappa shape index (κ1) is 22.0. The Kier molecular flexibility index (Phi) is 5.89. The first-order valence-corrected chi connectivity index (χ1v) is 12.1. The van der Waals surface area contributed by atoms with Crippen LogP contribution < -0.4 is 15.5 Å². The Hall–Kier alpha value is -4.49. The van der Waals surface area contributed by atoms with Crippen LogP contribution in [0, 0.1) is 0 Å². The van der Waals surface area contributed by atoms with Crippen molar-refractivity contribution in [2.45, 2.75) is 0 Å². The van der Waals surface area contributed by atoms with Crippen molar-refractivity contribution in [3.05, 3.63) is 103 Å². The molecular weight excluding hydrogens is 448 g/mol. The number of aromatic nitrogens is 3. The second-order valence-electron chi connectivity index (χ2n) is 8.79. The van der Waals surface area contributed by atoms with E-state index in [0.717, 1.165) is 54.2 Å². The maximum atomic E-state index is 13.2. The van der Waals surface area contributed by atoms with E-state index in [2.05, 4.69) is 57.0 Å². The van der Waals surface area contributed by atoms with Gasteiger partial charge in [-0.15, -0.1) is 0 Å². The summed E-state index contributed by atoms with van der Waals surface area (Å²) < 4.78 is 1.70. The fourth-order valence-corrected chi connectivity index (χ4v) is 4.62. The van der Waals surface area contributed by atoms with Gasteiger partial charge in [0.15, 0.2) is 5.65 Å². The van der Waals surface area contributed by atoms with Crippen LogP contribution in [-0.2, 0) is 0 Å². The molecule has 2 N–H and O–H groups in total. The van der Waals surface area contributed by atoms with Gasteiger partial charge in [-0.3, -0.25) is 4.79 Å². The molecule has 36 heavy (non-hydrogen) atoms. The average molecular weight is 475 g/mol. The number of piperazine rings is 1. The zero-order valence-corrected chi connectivity index (χ0v) is 19.8. The van der Waals surface area contributed by atoms with Gasteiger partial charge in [-0.1, -0.05) is 66.7 Å². The first-order chi connectivity index (χ1) is 17.8. The number of nitrogens with one attached hydrogen (secondary N) is 2. The molecule has 1 saturated heterocycles. The van der Waals surface area contributed by atoms with Crippen LogP contribution in [-0.4, -0.2) is 46.7 Å². The number of para-hydroxylation sites is 2. The summed E-state index contributed by atoms with van der Waals surface area (Å²) in [4.78, 5) is 20.2. The summed E-state index contributed by atoms with van der Waals surface area (Å²) in [6.45, 7) is 3.66. The van der Waals surface area contributed by atoms with Crippen LogP contribution in [0.1, 0.15) is 10.5 Å². The van der Waals surface area contributed by atoms with Gasteiger partial charge in [-0.2, -0.15) is 5.10 Å². The van der Waals surface area contributed by atoms with E-state index < -0.39 is 0 Å². The molecule has 6 rings (SSSR count). The van der Waals surface area contributed by atoms with Crippen molar-refractivity contribution < 1.29 is 4.79 Å². The minimum absolute atomic E-state index is 0.244. The van der Waals surface area contributed by atoms with Gasteiger partial charge >= 0.3 is 0 Å². The van der Waals surface area contributed by atoms with E-state index in [1.807, 2.05) is 42.5 Å². The number of amides is 1. The number of benzene rings is 3. The van der Waals surface area contributed by atoms with Crippen molar-refractivity contribution in [2.24, 2.45) is 0 Å². The Morgan fingerprint density at radius 3 is 2.31 bits per heavy atom. The molecule has 1 fully saturated rings. The lowest BCUT2D eigenvalue weighted by atomic mass is 10.0. The average Bonchev–Trinajstić information content (AvgIpc) is 3.38. The summed E-state index contributed by atoms with van der Waals surface area (Å²) in [7, 11) is 0. The SMILES string of the molecule is O=C(Nc1ccccc1N1CCNCC1)c1ccn2ncc(-c3ccc(-c4ccccc4)cc3)c2n1. The maximum absolute atomic E-state index is 13.2. The van der Waals surface area contributed by atoms with Gasteiger partial charge in [-0.05, 0) is 34.9 Å². The molecule has 1 aliphatic heterocycles. The first-order valence-electron chi connectivity index (χ1n) is 12.1. The van der Waals surface area contributed by atoms with Crippen molar-refractivity contribution >= 4 is 22.9 Å². The molecule has 3 heterocycles. The fraction of sp³-hybridized carbons (Fsp3) is 0.138. The van der Waals surface area contributed by atoms with Crippen LogP contribution in [0.25, 0.3) is 27.9 Å². The summed E-state index contributed by atoms with van der Waals surface area (Å²) in [5, 5.41) is 10.9. The van der Waals surface area contributed by atoms with E-state index in [9.17, 15) is 4.79 Å². The third kappa shape index (κ3) is 4.32. The summed E-state index contributed by atoms with van der Waals surface area (Å²) in [5.41, 5.74) is 7.00. The molecule has 0 aliphatic carbocycles. The van der Waals surface area contributed by atoms with Crippen LogP contribution in [0.3, 0.4) is 0 Å². The monoisotopic (exact) mass is 474 g/mol. The van der Waals surface area contributed by atoms with Crippen molar-refractivity contribution in [3.8, 4) is 22.3 Å². The van der Waals surface area contributed by atoms with Crippen LogP contribution in [0.4, 0.5) is 11.4 Å².